The third kappa shape index (κ3) is 1.56. The highest BCUT2D eigenvalue weighted by Crippen LogP contribution is 2.13. The number of aliphatic hydroxyl groups excluding tert-OH is 1. The molecular weight excluding hydrogens is 174 g/mol. The molecule has 0 fully saturated rings. The van der Waals surface area contributed by atoms with Gasteiger partial charge in [0, 0.05) is 17.6 Å². The molecule has 0 radical (unpaired) electrons. The highest BCUT2D eigenvalue weighted by Gasteiger charge is 2.00. The Morgan fingerprint density at radius 3 is 2.50 bits per heavy atom. The van der Waals surface area contributed by atoms with Gasteiger partial charge in [-0.1, -0.05) is 17.7 Å². The maximum Gasteiger partial charge on any atom is 0.0836 e. The summed E-state index contributed by atoms with van der Waals surface area (Å²) in [5.74, 6) is 0. The van der Waals surface area contributed by atoms with E-state index in [4.69, 9.17) is 5.11 Å². The van der Waals surface area contributed by atoms with Gasteiger partial charge in [0.2, 0.25) is 0 Å². The third-order valence-electron chi connectivity index (χ3n) is 2.31. The first-order chi connectivity index (χ1) is 6.81. The van der Waals surface area contributed by atoms with Gasteiger partial charge in [-0.3, -0.25) is 0 Å². The number of nitrogens with zero attached hydrogens (tertiary/aromatic N) is 1. The Bertz CT molecular complexity index is 414. The van der Waals surface area contributed by atoms with Gasteiger partial charge in [0.25, 0.3) is 0 Å². The van der Waals surface area contributed by atoms with Crippen LogP contribution in [0.5, 0.6) is 0 Å². The number of rotatable bonds is 2. The van der Waals surface area contributed by atoms with Crippen molar-refractivity contribution in [3.63, 3.8) is 0 Å². The zero-order valence-corrected chi connectivity index (χ0v) is 8.14. The fraction of sp³-hybridized carbons (Fsp3) is 0.167. The van der Waals surface area contributed by atoms with Crippen LogP contribution in [0.1, 0.15) is 11.3 Å². The average molecular weight is 187 g/mol. The Hall–Kier alpha value is -1.54. The fourth-order valence-electron chi connectivity index (χ4n) is 1.50. The highest BCUT2D eigenvalue weighted by molar-refractivity contribution is 5.36. The van der Waals surface area contributed by atoms with Crippen LogP contribution in [-0.2, 0) is 6.61 Å². The number of aliphatic hydroxyl groups is 1. The van der Waals surface area contributed by atoms with Gasteiger partial charge in [0.15, 0.2) is 0 Å². The highest BCUT2D eigenvalue weighted by atomic mass is 16.3. The summed E-state index contributed by atoms with van der Waals surface area (Å²) in [6.07, 6.45) is 1.95. The van der Waals surface area contributed by atoms with Crippen LogP contribution < -0.4 is 0 Å². The molecule has 0 aliphatic heterocycles. The minimum atomic E-state index is 0.0703. The lowest BCUT2D eigenvalue weighted by molar-refractivity contribution is 0.274. The Labute approximate surface area is 83.4 Å². The molecule has 0 amide bonds. The van der Waals surface area contributed by atoms with Crippen LogP contribution in [0.25, 0.3) is 5.69 Å². The molecule has 72 valence electrons. The molecule has 0 aliphatic rings. The first-order valence-corrected chi connectivity index (χ1v) is 4.65. The summed E-state index contributed by atoms with van der Waals surface area (Å²) >= 11 is 0. The van der Waals surface area contributed by atoms with Crippen LogP contribution in [0, 0.1) is 6.92 Å². The van der Waals surface area contributed by atoms with Crippen molar-refractivity contribution in [2.24, 2.45) is 0 Å². The summed E-state index contributed by atoms with van der Waals surface area (Å²) in [6, 6.07) is 12.1. The lowest BCUT2D eigenvalue weighted by atomic mass is 10.2. The minimum Gasteiger partial charge on any atom is -0.390 e. The van der Waals surface area contributed by atoms with E-state index in [1.807, 2.05) is 22.9 Å². The Kier molecular flexibility index (Phi) is 2.37. The molecular formula is C12H13NO. The van der Waals surface area contributed by atoms with Crippen LogP contribution in [-0.4, -0.2) is 9.67 Å². The van der Waals surface area contributed by atoms with E-state index in [2.05, 4.69) is 31.2 Å². The molecule has 0 saturated heterocycles. The van der Waals surface area contributed by atoms with Gasteiger partial charge in [-0.25, -0.2) is 0 Å². The van der Waals surface area contributed by atoms with E-state index in [0.717, 1.165) is 11.4 Å². The normalized spacial score (nSPS) is 10.4. The second-order valence-corrected chi connectivity index (χ2v) is 3.36. The number of aromatic nitrogens is 1. The summed E-state index contributed by atoms with van der Waals surface area (Å²) in [6.45, 7) is 2.13. The minimum absolute atomic E-state index is 0.0703. The zero-order valence-electron chi connectivity index (χ0n) is 8.14. The molecule has 2 nitrogen and oxygen atoms in total. The molecule has 0 spiro atoms. The molecule has 1 aromatic heterocycles. The molecule has 14 heavy (non-hydrogen) atoms. The van der Waals surface area contributed by atoms with E-state index < -0.39 is 0 Å². The predicted molar refractivity (Wildman–Crippen MR) is 56.4 cm³/mol. The Balaban J connectivity index is 2.44. The molecule has 1 aromatic carbocycles. The Morgan fingerprint density at radius 2 is 1.86 bits per heavy atom. The van der Waals surface area contributed by atoms with E-state index in [-0.39, 0.29) is 6.61 Å². The molecule has 0 aliphatic carbocycles. The second kappa shape index (κ2) is 3.68. The number of benzene rings is 1. The van der Waals surface area contributed by atoms with E-state index in [9.17, 15) is 0 Å². The Morgan fingerprint density at radius 1 is 1.14 bits per heavy atom. The van der Waals surface area contributed by atoms with Crippen molar-refractivity contribution in [3.05, 3.63) is 53.9 Å². The predicted octanol–water partition coefficient (Wildman–Crippen LogP) is 2.28. The van der Waals surface area contributed by atoms with E-state index in [1.165, 1.54) is 5.56 Å². The number of aryl methyl sites for hydroxylation is 1. The van der Waals surface area contributed by atoms with Crippen molar-refractivity contribution in [1.82, 2.24) is 4.57 Å². The fourth-order valence-corrected chi connectivity index (χ4v) is 1.50. The van der Waals surface area contributed by atoms with Crippen molar-refractivity contribution in [1.29, 1.82) is 0 Å². The maximum absolute atomic E-state index is 9.10. The smallest absolute Gasteiger partial charge is 0.0836 e. The van der Waals surface area contributed by atoms with Gasteiger partial charge in [-0.15, -0.1) is 0 Å². The summed E-state index contributed by atoms with van der Waals surface area (Å²) in [5.41, 5.74) is 3.24. The molecule has 0 saturated carbocycles. The molecule has 1 heterocycles. The number of hydrogen-bond acceptors (Lipinski definition) is 1. The summed E-state index contributed by atoms with van der Waals surface area (Å²) in [4.78, 5) is 0. The van der Waals surface area contributed by atoms with Crippen molar-refractivity contribution < 1.29 is 5.11 Å². The standard InChI is InChI=1S/C12H13NO/c1-10-4-6-11(7-5-10)13-8-2-3-12(13)9-14/h2-8,14H,9H2,1H3. The molecule has 1 N–H and O–H groups in total. The quantitative estimate of drug-likeness (QED) is 0.766. The summed E-state index contributed by atoms with van der Waals surface area (Å²) in [5, 5.41) is 9.10. The lowest BCUT2D eigenvalue weighted by Crippen LogP contribution is -1.97. The van der Waals surface area contributed by atoms with Crippen molar-refractivity contribution in [3.8, 4) is 5.69 Å². The van der Waals surface area contributed by atoms with Gasteiger partial charge in [-0.05, 0) is 31.2 Å². The first-order valence-electron chi connectivity index (χ1n) is 4.65. The molecule has 0 atom stereocenters. The zero-order chi connectivity index (χ0) is 9.97. The van der Waals surface area contributed by atoms with Crippen LogP contribution in [0.15, 0.2) is 42.6 Å². The van der Waals surface area contributed by atoms with Crippen LogP contribution in [0.3, 0.4) is 0 Å². The molecule has 0 unspecified atom stereocenters. The summed E-state index contributed by atoms with van der Waals surface area (Å²) < 4.78 is 1.99. The van der Waals surface area contributed by atoms with Crippen LogP contribution in [0.4, 0.5) is 0 Å². The van der Waals surface area contributed by atoms with Crippen molar-refractivity contribution >= 4 is 0 Å². The molecule has 2 heteroatoms. The largest absolute Gasteiger partial charge is 0.390 e. The monoisotopic (exact) mass is 187 g/mol. The van der Waals surface area contributed by atoms with E-state index in [1.54, 1.807) is 0 Å². The van der Waals surface area contributed by atoms with Crippen LogP contribution >= 0.6 is 0 Å². The second-order valence-electron chi connectivity index (χ2n) is 3.36. The van der Waals surface area contributed by atoms with E-state index in [0.29, 0.717) is 0 Å². The van der Waals surface area contributed by atoms with Gasteiger partial charge in [0.05, 0.1) is 6.61 Å². The number of hydrogen-bond donors (Lipinski definition) is 1. The summed E-state index contributed by atoms with van der Waals surface area (Å²) in [7, 11) is 0. The molecule has 0 bridgehead atoms. The topological polar surface area (TPSA) is 25.2 Å². The van der Waals surface area contributed by atoms with Crippen molar-refractivity contribution in [2.45, 2.75) is 13.5 Å². The SMILES string of the molecule is Cc1ccc(-n2cccc2CO)cc1. The average Bonchev–Trinajstić information content (AvgIpc) is 2.67. The first kappa shape index (κ1) is 9.03. The molecule has 2 rings (SSSR count). The van der Waals surface area contributed by atoms with Gasteiger partial charge in [-0.2, -0.15) is 0 Å². The van der Waals surface area contributed by atoms with Gasteiger partial charge in [0.1, 0.15) is 0 Å². The van der Waals surface area contributed by atoms with Crippen molar-refractivity contribution in [2.75, 3.05) is 0 Å². The lowest BCUT2D eigenvalue weighted by Gasteiger charge is -2.07. The van der Waals surface area contributed by atoms with Gasteiger partial charge < -0.3 is 9.67 Å². The van der Waals surface area contributed by atoms with E-state index >= 15 is 0 Å². The third-order valence-corrected chi connectivity index (χ3v) is 2.31. The van der Waals surface area contributed by atoms with Crippen LogP contribution in [0.2, 0.25) is 0 Å². The molecule has 2 aromatic rings. The van der Waals surface area contributed by atoms with Gasteiger partial charge >= 0.3 is 0 Å². The maximum atomic E-state index is 9.10.